The van der Waals surface area contributed by atoms with Crippen molar-refractivity contribution in [2.24, 2.45) is 5.73 Å². The zero-order valence-corrected chi connectivity index (χ0v) is 12.8. The smallest absolute Gasteiger partial charge is 0.128 e. The summed E-state index contributed by atoms with van der Waals surface area (Å²) in [5.74, 6) is 6.91. The molecule has 0 aliphatic rings. The van der Waals surface area contributed by atoms with Crippen molar-refractivity contribution >= 4 is 11.8 Å². The Morgan fingerprint density at radius 1 is 1.14 bits per heavy atom. The standard InChI is InChI=1S/C18H18FNS/c1-14-4-2-5-16(10-14)12-21-13-17-8-7-15(6-3-9-20)11-18(17)19/h2,4-5,7-8,10-11H,9,12-13,20H2,1H3. The monoisotopic (exact) mass is 299 g/mol. The van der Waals surface area contributed by atoms with E-state index in [2.05, 4.69) is 43.0 Å². The second-order valence-electron chi connectivity index (χ2n) is 4.79. The number of aryl methyl sites for hydroxylation is 1. The van der Waals surface area contributed by atoms with E-state index in [0.29, 0.717) is 16.9 Å². The lowest BCUT2D eigenvalue weighted by Gasteiger charge is -2.05. The molecule has 2 N–H and O–H groups in total. The Morgan fingerprint density at radius 3 is 2.71 bits per heavy atom. The van der Waals surface area contributed by atoms with Gasteiger partial charge in [0, 0.05) is 17.1 Å². The predicted octanol–water partition coefficient (Wildman–Crippen LogP) is 3.88. The zero-order chi connectivity index (χ0) is 15.1. The molecule has 108 valence electrons. The molecule has 0 heterocycles. The maximum atomic E-state index is 14.0. The summed E-state index contributed by atoms with van der Waals surface area (Å²) in [7, 11) is 0. The van der Waals surface area contributed by atoms with Crippen molar-refractivity contribution in [1.82, 2.24) is 0 Å². The van der Waals surface area contributed by atoms with Crippen LogP contribution in [0.4, 0.5) is 4.39 Å². The van der Waals surface area contributed by atoms with Crippen molar-refractivity contribution in [2.45, 2.75) is 18.4 Å². The minimum Gasteiger partial charge on any atom is -0.320 e. The van der Waals surface area contributed by atoms with Gasteiger partial charge in [0.05, 0.1) is 6.54 Å². The quantitative estimate of drug-likeness (QED) is 0.867. The van der Waals surface area contributed by atoms with Gasteiger partial charge in [0.2, 0.25) is 0 Å². The van der Waals surface area contributed by atoms with Crippen LogP contribution < -0.4 is 5.73 Å². The van der Waals surface area contributed by atoms with E-state index in [1.165, 1.54) is 17.2 Å². The van der Waals surface area contributed by atoms with Crippen LogP contribution in [0.25, 0.3) is 0 Å². The van der Waals surface area contributed by atoms with Gasteiger partial charge in [0.15, 0.2) is 0 Å². The molecule has 0 amide bonds. The molecule has 0 aliphatic carbocycles. The maximum absolute atomic E-state index is 14.0. The van der Waals surface area contributed by atoms with Gasteiger partial charge >= 0.3 is 0 Å². The van der Waals surface area contributed by atoms with Gasteiger partial charge in [0.25, 0.3) is 0 Å². The minimum atomic E-state index is -0.199. The molecule has 2 rings (SSSR count). The average molecular weight is 299 g/mol. The zero-order valence-electron chi connectivity index (χ0n) is 12.0. The van der Waals surface area contributed by atoms with Crippen LogP contribution >= 0.6 is 11.8 Å². The first-order valence-electron chi connectivity index (χ1n) is 6.79. The Kier molecular flexibility index (Phi) is 5.86. The van der Waals surface area contributed by atoms with Gasteiger partial charge in [-0.2, -0.15) is 11.8 Å². The number of benzene rings is 2. The number of nitrogens with two attached hydrogens (primary N) is 1. The summed E-state index contributed by atoms with van der Waals surface area (Å²) < 4.78 is 14.0. The first kappa shape index (κ1) is 15.6. The lowest BCUT2D eigenvalue weighted by atomic mass is 10.1. The van der Waals surface area contributed by atoms with Crippen LogP contribution in [0.3, 0.4) is 0 Å². The van der Waals surface area contributed by atoms with Crippen molar-refractivity contribution in [3.63, 3.8) is 0 Å². The van der Waals surface area contributed by atoms with Gasteiger partial charge in [-0.05, 0) is 30.2 Å². The maximum Gasteiger partial charge on any atom is 0.128 e. The van der Waals surface area contributed by atoms with Crippen LogP contribution in [0.5, 0.6) is 0 Å². The molecule has 2 aromatic rings. The normalized spacial score (nSPS) is 10.0. The van der Waals surface area contributed by atoms with E-state index < -0.39 is 0 Å². The molecule has 0 bridgehead atoms. The fourth-order valence-corrected chi connectivity index (χ4v) is 2.95. The summed E-state index contributed by atoms with van der Waals surface area (Å²) in [5.41, 5.74) is 9.21. The van der Waals surface area contributed by atoms with E-state index in [1.54, 1.807) is 17.8 Å². The van der Waals surface area contributed by atoms with Gasteiger partial charge in [-0.1, -0.05) is 47.7 Å². The molecule has 0 radical (unpaired) electrons. The summed E-state index contributed by atoms with van der Waals surface area (Å²) >= 11 is 1.71. The second kappa shape index (κ2) is 7.87. The number of hydrogen-bond acceptors (Lipinski definition) is 2. The molecule has 0 unspecified atom stereocenters. The van der Waals surface area contributed by atoms with Gasteiger partial charge in [-0.15, -0.1) is 0 Å². The Morgan fingerprint density at radius 2 is 2.00 bits per heavy atom. The Labute approximate surface area is 129 Å². The van der Waals surface area contributed by atoms with Gasteiger partial charge in [-0.3, -0.25) is 0 Å². The number of rotatable bonds is 4. The highest BCUT2D eigenvalue weighted by Gasteiger charge is 2.03. The van der Waals surface area contributed by atoms with E-state index in [9.17, 15) is 4.39 Å². The molecule has 0 fully saturated rings. The number of thioether (sulfide) groups is 1. The molecule has 0 atom stereocenters. The first-order chi connectivity index (χ1) is 10.2. The molecule has 3 heteroatoms. The third kappa shape index (κ3) is 4.93. The van der Waals surface area contributed by atoms with E-state index in [1.807, 2.05) is 6.07 Å². The molecule has 0 spiro atoms. The van der Waals surface area contributed by atoms with E-state index in [-0.39, 0.29) is 12.4 Å². The van der Waals surface area contributed by atoms with Crippen molar-refractivity contribution in [3.8, 4) is 11.8 Å². The van der Waals surface area contributed by atoms with Crippen molar-refractivity contribution in [1.29, 1.82) is 0 Å². The van der Waals surface area contributed by atoms with Crippen LogP contribution in [0.15, 0.2) is 42.5 Å². The summed E-state index contributed by atoms with van der Waals surface area (Å²) in [6.07, 6.45) is 0. The summed E-state index contributed by atoms with van der Waals surface area (Å²) in [6.45, 7) is 2.37. The topological polar surface area (TPSA) is 26.0 Å². The Balaban J connectivity index is 1.94. The number of halogens is 1. The van der Waals surface area contributed by atoms with E-state index >= 15 is 0 Å². The first-order valence-corrected chi connectivity index (χ1v) is 7.95. The highest BCUT2D eigenvalue weighted by atomic mass is 32.2. The Bertz CT molecular complexity index is 670. The highest BCUT2D eigenvalue weighted by Crippen LogP contribution is 2.21. The largest absolute Gasteiger partial charge is 0.320 e. The predicted molar refractivity (Wildman–Crippen MR) is 88.5 cm³/mol. The SMILES string of the molecule is Cc1cccc(CSCc2ccc(C#CCN)cc2F)c1. The molecule has 0 saturated heterocycles. The van der Waals surface area contributed by atoms with E-state index in [4.69, 9.17) is 5.73 Å². The van der Waals surface area contributed by atoms with Gasteiger partial charge in [0.1, 0.15) is 5.82 Å². The van der Waals surface area contributed by atoms with Crippen molar-refractivity contribution in [3.05, 3.63) is 70.5 Å². The average Bonchev–Trinajstić information content (AvgIpc) is 2.47. The fraction of sp³-hybridized carbons (Fsp3) is 0.222. The number of hydrogen-bond donors (Lipinski definition) is 1. The van der Waals surface area contributed by atoms with Gasteiger partial charge < -0.3 is 5.73 Å². The summed E-state index contributed by atoms with van der Waals surface area (Å²) in [4.78, 5) is 0. The molecule has 0 aromatic heterocycles. The molecular weight excluding hydrogens is 281 g/mol. The van der Waals surface area contributed by atoms with Crippen LogP contribution in [-0.2, 0) is 11.5 Å². The molecule has 1 nitrogen and oxygen atoms in total. The second-order valence-corrected chi connectivity index (χ2v) is 5.78. The third-order valence-electron chi connectivity index (χ3n) is 3.00. The molecular formula is C18H18FNS. The lowest BCUT2D eigenvalue weighted by molar-refractivity contribution is 0.617. The Hall–Kier alpha value is -1.76. The van der Waals surface area contributed by atoms with Crippen molar-refractivity contribution in [2.75, 3.05) is 6.54 Å². The van der Waals surface area contributed by atoms with Crippen molar-refractivity contribution < 1.29 is 4.39 Å². The highest BCUT2D eigenvalue weighted by molar-refractivity contribution is 7.97. The lowest BCUT2D eigenvalue weighted by Crippen LogP contribution is -1.94. The summed E-state index contributed by atoms with van der Waals surface area (Å²) in [5, 5.41) is 0. The molecule has 0 saturated carbocycles. The minimum absolute atomic E-state index is 0.199. The fourth-order valence-electron chi connectivity index (χ4n) is 1.98. The molecule has 21 heavy (non-hydrogen) atoms. The van der Waals surface area contributed by atoms with Crippen LogP contribution in [0, 0.1) is 24.6 Å². The summed E-state index contributed by atoms with van der Waals surface area (Å²) in [6, 6.07) is 13.5. The van der Waals surface area contributed by atoms with Gasteiger partial charge in [-0.25, -0.2) is 4.39 Å². The third-order valence-corrected chi connectivity index (χ3v) is 4.05. The van der Waals surface area contributed by atoms with Crippen LogP contribution in [0.2, 0.25) is 0 Å². The molecule has 2 aromatic carbocycles. The van der Waals surface area contributed by atoms with E-state index in [0.717, 1.165) is 5.75 Å². The molecule has 0 aliphatic heterocycles. The van der Waals surface area contributed by atoms with Crippen LogP contribution in [0.1, 0.15) is 22.3 Å². The van der Waals surface area contributed by atoms with Crippen LogP contribution in [-0.4, -0.2) is 6.54 Å².